The van der Waals surface area contributed by atoms with Gasteiger partial charge in [-0.15, -0.1) is 28.1 Å². The van der Waals surface area contributed by atoms with E-state index in [-0.39, 0.29) is 5.92 Å². The van der Waals surface area contributed by atoms with E-state index in [1.165, 1.54) is 0 Å². The smallest absolute Gasteiger partial charge is 0.125 e. The molecule has 4 heteroatoms. The Labute approximate surface area is 85.8 Å². The molecule has 0 aromatic heterocycles. The summed E-state index contributed by atoms with van der Waals surface area (Å²) in [7, 11) is 0. The Morgan fingerprint density at radius 2 is 1.85 bits per heavy atom. The minimum atomic E-state index is -0.601. The van der Waals surface area contributed by atoms with Crippen LogP contribution in [0.3, 0.4) is 0 Å². The first-order chi connectivity index (χ1) is 6.13. The van der Waals surface area contributed by atoms with Crippen molar-refractivity contribution in [1.29, 1.82) is 0 Å². The molecule has 68 valence electrons. The zero-order chi connectivity index (χ0) is 9.47. The maximum atomic E-state index is 10.1. The summed E-state index contributed by atoms with van der Waals surface area (Å²) in [4.78, 5) is 10.1. The van der Waals surface area contributed by atoms with E-state index in [9.17, 15) is 4.91 Å². The van der Waals surface area contributed by atoms with E-state index in [2.05, 4.69) is 5.18 Å². The van der Waals surface area contributed by atoms with Gasteiger partial charge in [-0.3, -0.25) is 0 Å². The van der Waals surface area contributed by atoms with Gasteiger partial charge in [0.15, 0.2) is 0 Å². The monoisotopic (exact) mass is 215 g/mol. The summed E-state index contributed by atoms with van der Waals surface area (Å²) in [6.45, 7) is 0. The van der Waals surface area contributed by atoms with Crippen molar-refractivity contribution < 1.29 is 0 Å². The van der Waals surface area contributed by atoms with Crippen molar-refractivity contribution in [2.24, 2.45) is 5.18 Å². The van der Waals surface area contributed by atoms with E-state index in [1.54, 1.807) is 12.1 Å². The van der Waals surface area contributed by atoms with Crippen molar-refractivity contribution in [3.05, 3.63) is 34.7 Å². The number of nitroso groups, excluding NO2 is 1. The van der Waals surface area contributed by atoms with Gasteiger partial charge in [-0.05, 0) is 29.3 Å². The molecular weight excluding hydrogens is 209 g/mol. The Balaban J connectivity index is 2.20. The lowest BCUT2D eigenvalue weighted by Gasteiger charge is -1.99. The van der Waals surface area contributed by atoms with Gasteiger partial charge >= 0.3 is 0 Å². The third-order valence-electron chi connectivity index (χ3n) is 2.23. The van der Waals surface area contributed by atoms with Crippen molar-refractivity contribution in [1.82, 2.24) is 0 Å². The van der Waals surface area contributed by atoms with Crippen LogP contribution in [-0.4, -0.2) is 4.33 Å². The Hall–Kier alpha value is -0.600. The summed E-state index contributed by atoms with van der Waals surface area (Å²) in [5, 5.41) is 2.81. The molecule has 1 saturated carbocycles. The van der Waals surface area contributed by atoms with Crippen molar-refractivity contribution in [2.75, 3.05) is 0 Å². The molecule has 1 aliphatic carbocycles. The first-order valence-corrected chi connectivity index (χ1v) is 4.70. The largest absolute Gasteiger partial charge is 0.145 e. The van der Waals surface area contributed by atoms with Crippen LogP contribution in [0.15, 0.2) is 29.4 Å². The highest BCUT2D eigenvalue weighted by Crippen LogP contribution is 2.59. The third-order valence-corrected chi connectivity index (χ3v) is 3.06. The van der Waals surface area contributed by atoms with Gasteiger partial charge in [-0.25, -0.2) is 0 Å². The molecule has 13 heavy (non-hydrogen) atoms. The predicted octanol–water partition coefficient (Wildman–Crippen LogP) is 3.75. The van der Waals surface area contributed by atoms with Gasteiger partial charge in [0, 0.05) is 5.92 Å². The highest BCUT2D eigenvalue weighted by Gasteiger charge is 2.52. The number of rotatable bonds is 2. The van der Waals surface area contributed by atoms with Crippen molar-refractivity contribution >= 4 is 28.9 Å². The van der Waals surface area contributed by atoms with E-state index in [4.69, 9.17) is 23.2 Å². The van der Waals surface area contributed by atoms with E-state index in [0.717, 1.165) is 12.0 Å². The van der Waals surface area contributed by atoms with Crippen LogP contribution in [-0.2, 0) is 0 Å². The Morgan fingerprint density at radius 1 is 1.31 bits per heavy atom. The molecule has 0 amide bonds. The molecule has 0 bridgehead atoms. The number of benzene rings is 1. The highest BCUT2D eigenvalue weighted by atomic mass is 35.5. The maximum Gasteiger partial charge on any atom is 0.125 e. The van der Waals surface area contributed by atoms with E-state index in [0.29, 0.717) is 5.69 Å². The lowest BCUT2D eigenvalue weighted by molar-refractivity contribution is 1.11. The second-order valence-electron chi connectivity index (χ2n) is 3.20. The zero-order valence-electron chi connectivity index (χ0n) is 6.71. The second-order valence-corrected chi connectivity index (χ2v) is 4.74. The summed E-state index contributed by atoms with van der Waals surface area (Å²) < 4.78 is -0.601. The first kappa shape index (κ1) is 8.97. The quantitative estimate of drug-likeness (QED) is 0.546. The van der Waals surface area contributed by atoms with Gasteiger partial charge < -0.3 is 0 Å². The summed E-state index contributed by atoms with van der Waals surface area (Å²) in [5.74, 6) is 0.205. The number of alkyl halides is 2. The van der Waals surface area contributed by atoms with Crippen molar-refractivity contribution in [3.8, 4) is 0 Å². The second kappa shape index (κ2) is 2.96. The van der Waals surface area contributed by atoms with E-state index >= 15 is 0 Å². The molecular formula is C9H7Cl2NO. The number of nitrogens with zero attached hydrogens (tertiary/aromatic N) is 1. The van der Waals surface area contributed by atoms with Crippen LogP contribution in [0, 0.1) is 4.91 Å². The van der Waals surface area contributed by atoms with Crippen LogP contribution < -0.4 is 0 Å². The number of halogens is 2. The van der Waals surface area contributed by atoms with Crippen LogP contribution in [0.4, 0.5) is 5.69 Å². The molecule has 0 heterocycles. The summed E-state index contributed by atoms with van der Waals surface area (Å²) in [5.41, 5.74) is 1.50. The molecule has 0 N–H and O–H groups in total. The summed E-state index contributed by atoms with van der Waals surface area (Å²) in [6.07, 6.45) is 0.782. The minimum absolute atomic E-state index is 0.205. The topological polar surface area (TPSA) is 29.4 Å². The summed E-state index contributed by atoms with van der Waals surface area (Å²) in [6, 6.07) is 7.02. The van der Waals surface area contributed by atoms with Gasteiger partial charge in [0.25, 0.3) is 0 Å². The van der Waals surface area contributed by atoms with E-state index in [1.807, 2.05) is 12.1 Å². The predicted molar refractivity (Wildman–Crippen MR) is 53.7 cm³/mol. The molecule has 2 nitrogen and oxygen atoms in total. The SMILES string of the molecule is O=Nc1ccc([C@@H]2CC2(Cl)Cl)cc1. The fraction of sp³-hybridized carbons (Fsp3) is 0.333. The van der Waals surface area contributed by atoms with Crippen molar-refractivity contribution in [3.63, 3.8) is 0 Å². The van der Waals surface area contributed by atoms with Crippen LogP contribution in [0.2, 0.25) is 0 Å². The van der Waals surface area contributed by atoms with Gasteiger partial charge in [0.1, 0.15) is 10.0 Å². The Bertz CT molecular complexity index is 334. The number of hydrogen-bond acceptors (Lipinski definition) is 2. The average Bonchev–Trinajstić information content (AvgIpc) is 2.76. The van der Waals surface area contributed by atoms with Gasteiger partial charge in [-0.2, -0.15) is 0 Å². The number of hydrogen-bond donors (Lipinski definition) is 0. The maximum absolute atomic E-state index is 10.1. The molecule has 0 aliphatic heterocycles. The van der Waals surface area contributed by atoms with Crippen molar-refractivity contribution in [2.45, 2.75) is 16.7 Å². The van der Waals surface area contributed by atoms with Crippen LogP contribution in [0.5, 0.6) is 0 Å². The Kier molecular flexibility index (Phi) is 2.05. The zero-order valence-corrected chi connectivity index (χ0v) is 8.22. The molecule has 0 spiro atoms. The molecule has 2 rings (SSSR count). The molecule has 1 atom stereocenters. The highest BCUT2D eigenvalue weighted by molar-refractivity contribution is 6.51. The molecule has 0 saturated heterocycles. The molecule has 1 fully saturated rings. The van der Waals surface area contributed by atoms with Gasteiger partial charge in [0.05, 0.1) is 0 Å². The van der Waals surface area contributed by atoms with Crippen LogP contribution in [0.25, 0.3) is 0 Å². The fourth-order valence-electron chi connectivity index (χ4n) is 1.34. The standard InChI is InChI=1S/C9H7Cl2NO/c10-9(11)5-8(9)6-1-3-7(12-13)4-2-6/h1-4,8H,5H2/t8-/m0/s1. The summed E-state index contributed by atoms with van der Waals surface area (Å²) >= 11 is 11.8. The fourth-order valence-corrected chi connectivity index (χ4v) is 1.90. The molecule has 0 radical (unpaired) electrons. The van der Waals surface area contributed by atoms with Crippen LogP contribution in [0.1, 0.15) is 17.9 Å². The normalized spacial score (nSPS) is 24.0. The minimum Gasteiger partial charge on any atom is -0.145 e. The van der Waals surface area contributed by atoms with E-state index < -0.39 is 4.33 Å². The third kappa shape index (κ3) is 1.69. The lowest BCUT2D eigenvalue weighted by Crippen LogP contribution is -1.88. The van der Waals surface area contributed by atoms with Gasteiger partial charge in [-0.1, -0.05) is 12.1 Å². The average molecular weight is 216 g/mol. The molecule has 1 aromatic carbocycles. The van der Waals surface area contributed by atoms with Crippen LogP contribution >= 0.6 is 23.2 Å². The van der Waals surface area contributed by atoms with Gasteiger partial charge in [0.2, 0.25) is 0 Å². The molecule has 1 aliphatic rings. The molecule has 1 aromatic rings. The Morgan fingerprint density at radius 3 is 2.23 bits per heavy atom. The lowest BCUT2D eigenvalue weighted by atomic mass is 10.1. The first-order valence-electron chi connectivity index (χ1n) is 3.94. The molecule has 0 unspecified atom stereocenters.